The molecule has 0 radical (unpaired) electrons. The van der Waals surface area contributed by atoms with Crippen molar-refractivity contribution in [3.05, 3.63) is 59.7 Å². The summed E-state index contributed by atoms with van der Waals surface area (Å²) in [5.74, 6) is 0.565. The summed E-state index contributed by atoms with van der Waals surface area (Å²) in [6.45, 7) is 1.03. The lowest BCUT2D eigenvalue weighted by atomic mass is 10.1. The molecule has 1 saturated carbocycles. The van der Waals surface area contributed by atoms with Crippen LogP contribution in [0.3, 0.4) is 0 Å². The molecular formula is C21H26N3O3+. The molecule has 1 unspecified atom stereocenters. The monoisotopic (exact) mass is 368 g/mol. The number of carbonyl (C=O) groups excluding carboxylic acids is 2. The molecule has 2 aromatic rings. The maximum Gasteiger partial charge on any atom is 0.279 e. The SMILES string of the molecule is COc1ccc(C[NH+](C)CC(=O)Nc2ccccc2C(=O)NC2CC2)cc1. The number of nitrogens with one attached hydrogen (secondary N) is 3. The van der Waals surface area contributed by atoms with Gasteiger partial charge in [-0.3, -0.25) is 9.59 Å². The van der Waals surface area contributed by atoms with Crippen molar-refractivity contribution in [3.63, 3.8) is 0 Å². The number of amides is 2. The Labute approximate surface area is 159 Å². The van der Waals surface area contributed by atoms with Gasteiger partial charge in [0.15, 0.2) is 6.54 Å². The summed E-state index contributed by atoms with van der Waals surface area (Å²) in [7, 11) is 3.61. The van der Waals surface area contributed by atoms with Crippen LogP contribution in [0.5, 0.6) is 5.75 Å². The van der Waals surface area contributed by atoms with Crippen molar-refractivity contribution in [2.45, 2.75) is 25.4 Å². The Hall–Kier alpha value is -2.86. The number of hydrogen-bond acceptors (Lipinski definition) is 3. The number of rotatable bonds is 8. The molecule has 0 heterocycles. The molecule has 0 aliphatic heterocycles. The lowest BCUT2D eigenvalue weighted by molar-refractivity contribution is -0.885. The summed E-state index contributed by atoms with van der Waals surface area (Å²) in [6.07, 6.45) is 2.06. The minimum atomic E-state index is -0.132. The molecule has 142 valence electrons. The largest absolute Gasteiger partial charge is 0.497 e. The quantitative estimate of drug-likeness (QED) is 0.657. The first-order valence-corrected chi connectivity index (χ1v) is 9.19. The Morgan fingerprint density at radius 2 is 1.81 bits per heavy atom. The van der Waals surface area contributed by atoms with E-state index >= 15 is 0 Å². The first kappa shape index (κ1) is 18.9. The smallest absolute Gasteiger partial charge is 0.279 e. The summed E-state index contributed by atoms with van der Waals surface area (Å²) in [4.78, 5) is 25.8. The molecular weight excluding hydrogens is 342 g/mol. The van der Waals surface area contributed by atoms with Crippen LogP contribution in [0.1, 0.15) is 28.8 Å². The highest BCUT2D eigenvalue weighted by Gasteiger charge is 2.25. The number of hydrogen-bond donors (Lipinski definition) is 3. The highest BCUT2D eigenvalue weighted by molar-refractivity contribution is 6.04. The number of anilines is 1. The first-order valence-electron chi connectivity index (χ1n) is 9.19. The highest BCUT2D eigenvalue weighted by atomic mass is 16.5. The van der Waals surface area contributed by atoms with E-state index in [1.807, 2.05) is 37.4 Å². The van der Waals surface area contributed by atoms with Crippen LogP contribution in [-0.2, 0) is 11.3 Å². The third kappa shape index (κ3) is 5.56. The fraction of sp³-hybridized carbons (Fsp3) is 0.333. The minimum Gasteiger partial charge on any atom is -0.497 e. The van der Waals surface area contributed by atoms with Crippen molar-refractivity contribution in [3.8, 4) is 5.75 Å². The van der Waals surface area contributed by atoms with E-state index in [4.69, 9.17) is 4.74 Å². The van der Waals surface area contributed by atoms with Crippen molar-refractivity contribution < 1.29 is 19.2 Å². The van der Waals surface area contributed by atoms with Gasteiger partial charge in [-0.25, -0.2) is 0 Å². The zero-order valence-corrected chi connectivity index (χ0v) is 15.7. The fourth-order valence-corrected chi connectivity index (χ4v) is 2.90. The fourth-order valence-electron chi connectivity index (χ4n) is 2.90. The number of quaternary nitrogens is 1. The van der Waals surface area contributed by atoms with Gasteiger partial charge in [0.2, 0.25) is 0 Å². The van der Waals surface area contributed by atoms with E-state index in [1.165, 1.54) is 0 Å². The minimum absolute atomic E-state index is 0.118. The molecule has 0 spiro atoms. The van der Waals surface area contributed by atoms with Crippen LogP contribution in [-0.4, -0.2) is 38.6 Å². The van der Waals surface area contributed by atoms with E-state index in [9.17, 15) is 9.59 Å². The van der Waals surface area contributed by atoms with Crippen molar-refractivity contribution in [1.82, 2.24) is 5.32 Å². The predicted molar refractivity (Wildman–Crippen MR) is 104 cm³/mol. The van der Waals surface area contributed by atoms with E-state index in [2.05, 4.69) is 10.6 Å². The van der Waals surface area contributed by atoms with Gasteiger partial charge in [-0.05, 0) is 49.2 Å². The van der Waals surface area contributed by atoms with Gasteiger partial charge in [0.25, 0.3) is 11.8 Å². The predicted octanol–water partition coefficient (Wildman–Crippen LogP) is 1.24. The second-order valence-corrected chi connectivity index (χ2v) is 7.00. The third-order valence-corrected chi connectivity index (χ3v) is 4.49. The van der Waals surface area contributed by atoms with Crippen LogP contribution < -0.4 is 20.3 Å². The molecule has 6 nitrogen and oxygen atoms in total. The lowest BCUT2D eigenvalue weighted by Gasteiger charge is -2.15. The third-order valence-electron chi connectivity index (χ3n) is 4.49. The van der Waals surface area contributed by atoms with Crippen LogP contribution in [0.2, 0.25) is 0 Å². The molecule has 27 heavy (non-hydrogen) atoms. The molecule has 0 aromatic heterocycles. The molecule has 2 aromatic carbocycles. The van der Waals surface area contributed by atoms with Crippen LogP contribution in [0.15, 0.2) is 48.5 Å². The maximum atomic E-state index is 12.4. The van der Waals surface area contributed by atoms with Crippen molar-refractivity contribution in [1.29, 1.82) is 0 Å². The van der Waals surface area contributed by atoms with Gasteiger partial charge in [-0.2, -0.15) is 0 Å². The van der Waals surface area contributed by atoms with Gasteiger partial charge in [-0.1, -0.05) is 12.1 Å². The first-order chi connectivity index (χ1) is 13.0. The molecule has 3 N–H and O–H groups in total. The molecule has 0 bridgehead atoms. The molecule has 2 amide bonds. The van der Waals surface area contributed by atoms with Crippen LogP contribution in [0.4, 0.5) is 5.69 Å². The van der Waals surface area contributed by atoms with Crippen LogP contribution in [0, 0.1) is 0 Å². The van der Waals surface area contributed by atoms with Gasteiger partial charge in [-0.15, -0.1) is 0 Å². The lowest BCUT2D eigenvalue weighted by Crippen LogP contribution is -3.08. The Balaban J connectivity index is 1.56. The van der Waals surface area contributed by atoms with Crippen LogP contribution >= 0.6 is 0 Å². The second-order valence-electron chi connectivity index (χ2n) is 7.00. The highest BCUT2D eigenvalue weighted by Crippen LogP contribution is 2.21. The second kappa shape index (κ2) is 8.68. The zero-order chi connectivity index (χ0) is 19.2. The molecule has 1 aliphatic rings. The van der Waals surface area contributed by atoms with E-state index in [0.29, 0.717) is 17.8 Å². The summed E-state index contributed by atoms with van der Waals surface area (Å²) in [6, 6.07) is 15.2. The number of likely N-dealkylation sites (N-methyl/N-ethyl adjacent to an activating group) is 1. The van der Waals surface area contributed by atoms with Gasteiger partial charge in [0, 0.05) is 11.6 Å². The average Bonchev–Trinajstić information content (AvgIpc) is 3.46. The number of carbonyl (C=O) groups is 2. The standard InChI is InChI=1S/C21H25N3O3/c1-24(13-15-7-11-17(27-2)12-8-15)14-20(25)23-19-6-4-3-5-18(19)21(26)22-16-9-10-16/h3-8,11-12,16H,9-10,13-14H2,1-2H3,(H,22,26)(H,23,25)/p+1. The van der Waals surface area contributed by atoms with Gasteiger partial charge >= 0.3 is 0 Å². The number of para-hydroxylation sites is 1. The van der Waals surface area contributed by atoms with E-state index in [1.54, 1.807) is 25.3 Å². The van der Waals surface area contributed by atoms with Crippen LogP contribution in [0.25, 0.3) is 0 Å². The molecule has 0 saturated heterocycles. The molecule has 1 aliphatic carbocycles. The molecule has 1 fully saturated rings. The molecule has 6 heteroatoms. The number of ether oxygens (including phenoxy) is 1. The average molecular weight is 368 g/mol. The van der Waals surface area contributed by atoms with Gasteiger partial charge < -0.3 is 20.3 Å². The maximum absolute atomic E-state index is 12.4. The van der Waals surface area contributed by atoms with Crippen molar-refractivity contribution in [2.75, 3.05) is 26.0 Å². The Bertz CT molecular complexity index is 801. The summed E-state index contributed by atoms with van der Waals surface area (Å²) >= 11 is 0. The Morgan fingerprint density at radius 3 is 2.48 bits per heavy atom. The van der Waals surface area contributed by atoms with E-state index in [-0.39, 0.29) is 17.9 Å². The molecule has 3 rings (SSSR count). The normalized spacial score (nSPS) is 14.3. The number of benzene rings is 2. The summed E-state index contributed by atoms with van der Waals surface area (Å²) in [5.41, 5.74) is 2.19. The van der Waals surface area contributed by atoms with E-state index in [0.717, 1.165) is 35.6 Å². The van der Waals surface area contributed by atoms with Crippen molar-refractivity contribution in [2.24, 2.45) is 0 Å². The van der Waals surface area contributed by atoms with E-state index < -0.39 is 0 Å². The Kier molecular flexibility index (Phi) is 6.08. The summed E-state index contributed by atoms with van der Waals surface area (Å²) < 4.78 is 5.16. The topological polar surface area (TPSA) is 71.9 Å². The number of methoxy groups -OCH3 is 1. The summed E-state index contributed by atoms with van der Waals surface area (Å²) in [5, 5.41) is 5.84. The van der Waals surface area contributed by atoms with Crippen molar-refractivity contribution >= 4 is 17.5 Å². The molecule has 1 atom stereocenters. The zero-order valence-electron chi connectivity index (χ0n) is 15.7. The van der Waals surface area contributed by atoms with Gasteiger partial charge in [0.05, 0.1) is 25.4 Å². The van der Waals surface area contributed by atoms with Gasteiger partial charge in [0.1, 0.15) is 12.3 Å². The Morgan fingerprint density at radius 1 is 1.11 bits per heavy atom.